The molecule has 214 valence electrons. The van der Waals surface area contributed by atoms with Crippen LogP contribution in [0.2, 0.25) is 18.1 Å². The summed E-state index contributed by atoms with van der Waals surface area (Å²) < 4.78 is 27.1. The van der Waals surface area contributed by atoms with Crippen LogP contribution < -0.4 is 15.0 Å². The van der Waals surface area contributed by atoms with Crippen LogP contribution in [0.5, 0.6) is 11.5 Å². The van der Waals surface area contributed by atoms with E-state index < -0.39 is 14.1 Å². The van der Waals surface area contributed by atoms with E-state index in [1.54, 1.807) is 11.1 Å². The lowest BCUT2D eigenvalue weighted by atomic mass is 9.87. The van der Waals surface area contributed by atoms with Crippen molar-refractivity contribution in [3.63, 3.8) is 0 Å². The smallest absolute Gasteiger partial charge is 0.258 e. The van der Waals surface area contributed by atoms with Crippen molar-refractivity contribution in [2.45, 2.75) is 71.6 Å². The van der Waals surface area contributed by atoms with Gasteiger partial charge in [-0.1, -0.05) is 20.8 Å². The van der Waals surface area contributed by atoms with E-state index >= 15 is 0 Å². The molecule has 1 spiro atoms. The molecule has 0 saturated carbocycles. The second-order valence-electron chi connectivity index (χ2n) is 12.8. The Morgan fingerprint density at radius 1 is 1.26 bits per heavy atom. The molecule has 4 rings (SSSR count). The van der Waals surface area contributed by atoms with Crippen molar-refractivity contribution in [1.82, 2.24) is 20.2 Å². The van der Waals surface area contributed by atoms with Crippen molar-refractivity contribution in [2.75, 3.05) is 44.2 Å². The fourth-order valence-corrected chi connectivity index (χ4v) is 6.16. The van der Waals surface area contributed by atoms with Crippen LogP contribution in [0.3, 0.4) is 0 Å². The molecule has 1 unspecified atom stereocenters. The van der Waals surface area contributed by atoms with Crippen molar-refractivity contribution in [3.05, 3.63) is 42.1 Å². The minimum Gasteiger partial charge on any atom is -0.451 e. The minimum atomic E-state index is -1.97. The van der Waals surface area contributed by atoms with Crippen LogP contribution in [0, 0.1) is 11.2 Å². The molecule has 3 heterocycles. The van der Waals surface area contributed by atoms with Gasteiger partial charge in [0, 0.05) is 37.6 Å². The minimum absolute atomic E-state index is 0.0714. The highest BCUT2D eigenvalue weighted by atomic mass is 28.4. The van der Waals surface area contributed by atoms with Gasteiger partial charge < -0.3 is 24.3 Å². The van der Waals surface area contributed by atoms with E-state index in [9.17, 15) is 9.18 Å². The molecule has 2 aliphatic heterocycles. The Hall–Kier alpha value is -2.56. The predicted octanol–water partition coefficient (Wildman–Crippen LogP) is 5.47. The second-order valence-corrected chi connectivity index (χ2v) is 17.6. The third kappa shape index (κ3) is 6.61. The summed E-state index contributed by atoms with van der Waals surface area (Å²) in [6.45, 7) is 19.5. The van der Waals surface area contributed by atoms with Crippen LogP contribution in [-0.2, 0) is 4.43 Å². The van der Waals surface area contributed by atoms with Gasteiger partial charge in [-0.2, -0.15) is 0 Å². The highest BCUT2D eigenvalue weighted by molar-refractivity contribution is 6.74. The molecule has 0 aliphatic carbocycles. The zero-order valence-corrected chi connectivity index (χ0v) is 25.5. The standard InChI is InChI=1S/C29H44FN5O3Si/c1-21(2)35(14-15-37-39(6,7)28(3,4)5)27(36)23-16-22(30)8-9-24(23)38-25-17-32-20-33-26(25)34-13-11-29(19-34)10-12-31-18-29/h8-9,16-17,20-21,31H,10-15,18-19H2,1-7H3. The van der Waals surface area contributed by atoms with Crippen LogP contribution in [0.25, 0.3) is 0 Å². The van der Waals surface area contributed by atoms with E-state index in [1.165, 1.54) is 24.5 Å². The fourth-order valence-electron chi connectivity index (χ4n) is 5.12. The number of benzene rings is 1. The van der Waals surface area contributed by atoms with Gasteiger partial charge in [-0.3, -0.25) is 4.79 Å². The van der Waals surface area contributed by atoms with E-state index in [0.717, 1.165) is 39.0 Å². The molecule has 0 bridgehead atoms. The summed E-state index contributed by atoms with van der Waals surface area (Å²) in [7, 11) is -1.97. The molecule has 39 heavy (non-hydrogen) atoms. The number of hydrogen-bond donors (Lipinski definition) is 1. The quantitative estimate of drug-likeness (QED) is 0.410. The molecule has 1 N–H and O–H groups in total. The molecule has 1 aromatic heterocycles. The molecule has 2 aromatic rings. The molecular weight excluding hydrogens is 513 g/mol. The number of nitrogens with zero attached hydrogens (tertiary/aromatic N) is 4. The van der Waals surface area contributed by atoms with Crippen molar-refractivity contribution < 1.29 is 18.3 Å². The van der Waals surface area contributed by atoms with E-state index in [2.05, 4.69) is 54.0 Å². The van der Waals surface area contributed by atoms with Gasteiger partial charge in [-0.25, -0.2) is 14.4 Å². The molecule has 2 fully saturated rings. The van der Waals surface area contributed by atoms with Crippen LogP contribution in [-0.4, -0.2) is 74.5 Å². The molecule has 1 amide bonds. The molecule has 8 nitrogen and oxygen atoms in total. The third-order valence-corrected chi connectivity index (χ3v) is 13.1. The Balaban J connectivity index is 1.55. The van der Waals surface area contributed by atoms with Gasteiger partial charge in [0.25, 0.3) is 5.91 Å². The van der Waals surface area contributed by atoms with E-state index in [4.69, 9.17) is 9.16 Å². The zero-order valence-electron chi connectivity index (χ0n) is 24.5. The summed E-state index contributed by atoms with van der Waals surface area (Å²) in [5.41, 5.74) is 0.424. The van der Waals surface area contributed by atoms with Gasteiger partial charge in [0.15, 0.2) is 19.9 Å². The topological polar surface area (TPSA) is 79.8 Å². The van der Waals surface area contributed by atoms with Gasteiger partial charge in [0.05, 0.1) is 18.4 Å². The maximum absolute atomic E-state index is 14.5. The number of aromatic nitrogens is 2. The van der Waals surface area contributed by atoms with Gasteiger partial charge in [-0.15, -0.1) is 0 Å². The first-order valence-corrected chi connectivity index (χ1v) is 16.9. The maximum atomic E-state index is 14.5. The number of anilines is 1. The van der Waals surface area contributed by atoms with E-state index in [1.807, 2.05) is 13.8 Å². The van der Waals surface area contributed by atoms with Crippen molar-refractivity contribution in [3.8, 4) is 11.5 Å². The molecular formula is C29H44FN5O3Si. The average molecular weight is 558 g/mol. The van der Waals surface area contributed by atoms with Crippen molar-refractivity contribution >= 4 is 20.0 Å². The summed E-state index contributed by atoms with van der Waals surface area (Å²) >= 11 is 0. The number of nitrogens with one attached hydrogen (secondary N) is 1. The van der Waals surface area contributed by atoms with Crippen LogP contribution in [0.15, 0.2) is 30.7 Å². The molecule has 10 heteroatoms. The number of carbonyl (C=O) groups is 1. The Morgan fingerprint density at radius 2 is 2.03 bits per heavy atom. The van der Waals surface area contributed by atoms with Crippen molar-refractivity contribution in [1.29, 1.82) is 0 Å². The molecule has 2 aliphatic rings. The summed E-state index contributed by atoms with van der Waals surface area (Å²) in [6, 6.07) is 3.97. The van der Waals surface area contributed by atoms with Gasteiger partial charge in [0.2, 0.25) is 0 Å². The van der Waals surface area contributed by atoms with Crippen LogP contribution >= 0.6 is 0 Å². The molecule has 2 saturated heterocycles. The SMILES string of the molecule is CC(C)N(CCO[Si](C)(C)C(C)(C)C)C(=O)c1cc(F)ccc1Oc1cncnc1N1CCC2(CCNC2)C1. The lowest BCUT2D eigenvalue weighted by molar-refractivity contribution is 0.0666. The van der Waals surface area contributed by atoms with Crippen molar-refractivity contribution in [2.24, 2.45) is 5.41 Å². The lowest BCUT2D eigenvalue weighted by Crippen LogP contribution is -2.45. The van der Waals surface area contributed by atoms with E-state index in [0.29, 0.717) is 24.7 Å². The summed E-state index contributed by atoms with van der Waals surface area (Å²) in [4.78, 5) is 26.5. The highest BCUT2D eigenvalue weighted by Crippen LogP contribution is 2.41. The first kappa shape index (κ1) is 29.4. The van der Waals surface area contributed by atoms with Crippen LogP contribution in [0.4, 0.5) is 10.2 Å². The Morgan fingerprint density at radius 3 is 2.69 bits per heavy atom. The zero-order chi connectivity index (χ0) is 28.4. The second kappa shape index (κ2) is 11.5. The van der Waals surface area contributed by atoms with E-state index in [-0.39, 0.29) is 33.7 Å². The first-order chi connectivity index (χ1) is 18.3. The lowest BCUT2D eigenvalue weighted by Gasteiger charge is -2.37. The van der Waals surface area contributed by atoms with Gasteiger partial charge in [-0.05, 0) is 69.6 Å². The monoisotopic (exact) mass is 557 g/mol. The Kier molecular flexibility index (Phi) is 8.68. The summed E-state index contributed by atoms with van der Waals surface area (Å²) in [6.07, 6.45) is 5.36. The maximum Gasteiger partial charge on any atom is 0.258 e. The number of hydrogen-bond acceptors (Lipinski definition) is 7. The Labute approximate surface area is 233 Å². The molecule has 1 atom stereocenters. The molecule has 0 radical (unpaired) electrons. The van der Waals surface area contributed by atoms with Gasteiger partial charge >= 0.3 is 0 Å². The number of ether oxygens (including phenoxy) is 1. The number of amides is 1. The highest BCUT2D eigenvalue weighted by Gasteiger charge is 2.41. The number of rotatable bonds is 9. The Bertz CT molecular complexity index is 1160. The average Bonchev–Trinajstić information content (AvgIpc) is 3.51. The molecule has 1 aromatic carbocycles. The number of halogens is 1. The van der Waals surface area contributed by atoms with Gasteiger partial charge in [0.1, 0.15) is 17.9 Å². The predicted molar refractivity (Wildman–Crippen MR) is 155 cm³/mol. The third-order valence-electron chi connectivity index (χ3n) is 8.61. The summed E-state index contributed by atoms with van der Waals surface area (Å²) in [5.74, 6) is 0.643. The number of carbonyl (C=O) groups excluding carboxylic acids is 1. The van der Waals surface area contributed by atoms with Crippen LogP contribution in [0.1, 0.15) is 57.8 Å². The largest absolute Gasteiger partial charge is 0.451 e. The fraction of sp³-hybridized carbons (Fsp3) is 0.621. The normalized spacial score (nSPS) is 19.8. The summed E-state index contributed by atoms with van der Waals surface area (Å²) in [5, 5.41) is 3.55. The first-order valence-electron chi connectivity index (χ1n) is 14.0.